The Morgan fingerprint density at radius 2 is 2.19 bits per heavy atom. The first-order chi connectivity index (χ1) is 13.0. The summed E-state index contributed by atoms with van der Waals surface area (Å²) >= 11 is 2.07. The number of aromatic nitrogens is 4. The van der Waals surface area contributed by atoms with Crippen LogP contribution in [-0.4, -0.2) is 37.4 Å². The van der Waals surface area contributed by atoms with Crippen molar-refractivity contribution in [3.63, 3.8) is 0 Å². The Labute approximate surface area is 169 Å². The molecule has 0 radical (unpaired) electrons. The number of nitrogens with two attached hydrogens (primary N) is 1. The van der Waals surface area contributed by atoms with Gasteiger partial charge in [0, 0.05) is 16.0 Å². The summed E-state index contributed by atoms with van der Waals surface area (Å²) in [4.78, 5) is 15.6. The van der Waals surface area contributed by atoms with Crippen LogP contribution in [0.2, 0.25) is 0 Å². The summed E-state index contributed by atoms with van der Waals surface area (Å²) in [6, 6.07) is 10.5. The van der Waals surface area contributed by atoms with Crippen molar-refractivity contribution in [2.45, 2.75) is 19.4 Å². The van der Waals surface area contributed by atoms with Crippen molar-refractivity contribution in [1.29, 1.82) is 0 Å². The van der Waals surface area contributed by atoms with Crippen LogP contribution in [0.25, 0.3) is 11.5 Å². The molecule has 0 saturated carbocycles. The lowest BCUT2D eigenvalue weighted by molar-refractivity contribution is 0.0692. The molecule has 0 aliphatic heterocycles. The first-order valence-electron chi connectivity index (χ1n) is 8.23. The number of carboxylic acid groups (broad SMARTS) is 1. The van der Waals surface area contributed by atoms with Crippen LogP contribution in [0.4, 0.5) is 5.82 Å². The van der Waals surface area contributed by atoms with Gasteiger partial charge in [-0.05, 0) is 59.8 Å². The summed E-state index contributed by atoms with van der Waals surface area (Å²) in [6.07, 6.45) is 2.27. The van der Waals surface area contributed by atoms with E-state index in [0.717, 1.165) is 3.57 Å². The van der Waals surface area contributed by atoms with Crippen molar-refractivity contribution in [3.8, 4) is 17.3 Å². The molecule has 2 aromatic heterocycles. The Hall–Kier alpha value is -2.69. The van der Waals surface area contributed by atoms with Gasteiger partial charge in [-0.3, -0.25) is 0 Å². The SMILES string of the molecule is CC(CCOc1ccc(I)cc1C(=O)O)n1cnnc1-c1cccc(N)n1. The van der Waals surface area contributed by atoms with Crippen LogP contribution in [0, 0.1) is 3.57 Å². The van der Waals surface area contributed by atoms with Crippen LogP contribution in [0.5, 0.6) is 5.75 Å². The van der Waals surface area contributed by atoms with E-state index in [-0.39, 0.29) is 11.6 Å². The fraction of sp³-hybridized carbons (Fsp3) is 0.222. The van der Waals surface area contributed by atoms with Gasteiger partial charge in [0.05, 0.1) is 6.61 Å². The Morgan fingerprint density at radius 1 is 1.37 bits per heavy atom. The van der Waals surface area contributed by atoms with Crippen molar-refractivity contribution in [2.75, 3.05) is 12.3 Å². The number of nitrogen functional groups attached to an aromatic ring is 1. The fourth-order valence-electron chi connectivity index (χ4n) is 2.60. The summed E-state index contributed by atoms with van der Waals surface area (Å²) in [5, 5.41) is 17.4. The number of rotatable bonds is 7. The molecule has 0 amide bonds. The minimum absolute atomic E-state index is 0.0235. The number of aromatic carboxylic acids is 1. The first kappa shape index (κ1) is 19.1. The molecule has 140 valence electrons. The number of carboxylic acids is 1. The third kappa shape index (κ3) is 4.54. The van der Waals surface area contributed by atoms with Gasteiger partial charge in [0.15, 0.2) is 5.82 Å². The molecule has 9 heteroatoms. The summed E-state index contributed by atoms with van der Waals surface area (Å²) < 4.78 is 8.45. The first-order valence-corrected chi connectivity index (χ1v) is 9.31. The molecular weight excluding hydrogens is 461 g/mol. The van der Waals surface area contributed by atoms with E-state index in [1.807, 2.05) is 29.7 Å². The number of benzene rings is 1. The quantitative estimate of drug-likeness (QED) is 0.500. The molecule has 1 atom stereocenters. The number of anilines is 1. The van der Waals surface area contributed by atoms with Crippen LogP contribution >= 0.6 is 22.6 Å². The molecule has 0 aliphatic rings. The molecule has 0 aliphatic carbocycles. The number of pyridine rings is 1. The molecule has 2 heterocycles. The zero-order valence-electron chi connectivity index (χ0n) is 14.5. The van der Waals surface area contributed by atoms with Gasteiger partial charge in [0.25, 0.3) is 0 Å². The van der Waals surface area contributed by atoms with E-state index in [1.54, 1.807) is 24.5 Å². The average Bonchev–Trinajstić information content (AvgIpc) is 3.12. The highest BCUT2D eigenvalue weighted by molar-refractivity contribution is 14.1. The topological polar surface area (TPSA) is 116 Å². The molecule has 0 bridgehead atoms. The molecule has 8 nitrogen and oxygen atoms in total. The van der Waals surface area contributed by atoms with E-state index in [2.05, 4.69) is 37.8 Å². The average molecular weight is 479 g/mol. The van der Waals surface area contributed by atoms with Gasteiger partial charge in [-0.25, -0.2) is 9.78 Å². The van der Waals surface area contributed by atoms with Crippen molar-refractivity contribution >= 4 is 34.4 Å². The van der Waals surface area contributed by atoms with Gasteiger partial charge in [-0.15, -0.1) is 10.2 Å². The van der Waals surface area contributed by atoms with Gasteiger partial charge in [-0.1, -0.05) is 6.07 Å². The van der Waals surface area contributed by atoms with Crippen LogP contribution in [0.1, 0.15) is 29.7 Å². The van der Waals surface area contributed by atoms with E-state index in [4.69, 9.17) is 10.5 Å². The standard InChI is InChI=1S/C18H18IN5O3/c1-11(7-8-27-15-6-5-12(19)9-13(15)18(25)26)24-10-21-23-17(24)14-3-2-4-16(20)22-14/h2-6,9-11H,7-8H2,1H3,(H2,20,22)(H,25,26). The maximum Gasteiger partial charge on any atom is 0.339 e. The Kier molecular flexibility index (Phi) is 5.89. The molecule has 0 spiro atoms. The zero-order chi connectivity index (χ0) is 19.4. The normalized spacial score (nSPS) is 11.9. The second-order valence-corrected chi connectivity index (χ2v) is 7.19. The highest BCUT2D eigenvalue weighted by Gasteiger charge is 2.16. The number of nitrogens with zero attached hydrogens (tertiary/aromatic N) is 4. The van der Waals surface area contributed by atoms with Gasteiger partial charge in [0.2, 0.25) is 0 Å². The van der Waals surface area contributed by atoms with Gasteiger partial charge < -0.3 is 20.1 Å². The van der Waals surface area contributed by atoms with E-state index in [1.165, 1.54) is 0 Å². The maximum atomic E-state index is 11.4. The van der Waals surface area contributed by atoms with Gasteiger partial charge in [0.1, 0.15) is 29.2 Å². The second kappa shape index (κ2) is 8.33. The third-order valence-electron chi connectivity index (χ3n) is 4.01. The molecule has 1 unspecified atom stereocenters. The Bertz CT molecular complexity index is 960. The summed E-state index contributed by atoms with van der Waals surface area (Å²) in [7, 11) is 0. The van der Waals surface area contributed by atoms with Crippen LogP contribution in [0.15, 0.2) is 42.7 Å². The highest BCUT2D eigenvalue weighted by atomic mass is 127. The van der Waals surface area contributed by atoms with Gasteiger partial charge >= 0.3 is 5.97 Å². The molecule has 3 rings (SSSR count). The summed E-state index contributed by atoms with van der Waals surface area (Å²) in [6.45, 7) is 2.36. The zero-order valence-corrected chi connectivity index (χ0v) is 16.7. The second-order valence-electron chi connectivity index (χ2n) is 5.94. The minimum Gasteiger partial charge on any atom is -0.493 e. The largest absolute Gasteiger partial charge is 0.493 e. The monoisotopic (exact) mass is 479 g/mol. The van der Waals surface area contributed by atoms with Crippen LogP contribution < -0.4 is 10.5 Å². The van der Waals surface area contributed by atoms with Gasteiger partial charge in [-0.2, -0.15) is 0 Å². The van der Waals surface area contributed by atoms with Crippen LogP contribution in [-0.2, 0) is 0 Å². The number of hydrogen-bond donors (Lipinski definition) is 2. The summed E-state index contributed by atoms with van der Waals surface area (Å²) in [5.74, 6) is 0.384. The molecule has 0 fully saturated rings. The van der Waals surface area contributed by atoms with E-state index in [9.17, 15) is 9.90 Å². The Morgan fingerprint density at radius 3 is 2.93 bits per heavy atom. The lowest BCUT2D eigenvalue weighted by atomic mass is 10.2. The molecule has 1 aromatic carbocycles. The third-order valence-corrected chi connectivity index (χ3v) is 4.68. The lowest BCUT2D eigenvalue weighted by Gasteiger charge is -2.16. The minimum atomic E-state index is -1.01. The maximum absolute atomic E-state index is 11.4. The fourth-order valence-corrected chi connectivity index (χ4v) is 3.09. The Balaban J connectivity index is 1.69. The van der Waals surface area contributed by atoms with Crippen LogP contribution in [0.3, 0.4) is 0 Å². The molecule has 3 aromatic rings. The molecule has 0 saturated heterocycles. The van der Waals surface area contributed by atoms with E-state index in [0.29, 0.717) is 36.1 Å². The number of hydrogen-bond acceptors (Lipinski definition) is 6. The number of carbonyl (C=O) groups is 1. The predicted molar refractivity (Wildman–Crippen MR) is 109 cm³/mol. The lowest BCUT2D eigenvalue weighted by Crippen LogP contribution is -2.12. The number of halogens is 1. The molecule has 27 heavy (non-hydrogen) atoms. The molecular formula is C18H18IN5O3. The predicted octanol–water partition coefficient (Wildman–Crippen LogP) is 3.26. The molecule has 3 N–H and O–H groups in total. The number of ether oxygens (including phenoxy) is 1. The van der Waals surface area contributed by atoms with E-state index < -0.39 is 5.97 Å². The van der Waals surface area contributed by atoms with Crippen molar-refractivity contribution < 1.29 is 14.6 Å². The van der Waals surface area contributed by atoms with Crippen molar-refractivity contribution in [3.05, 3.63) is 51.9 Å². The smallest absolute Gasteiger partial charge is 0.339 e. The van der Waals surface area contributed by atoms with E-state index >= 15 is 0 Å². The summed E-state index contributed by atoms with van der Waals surface area (Å²) in [5.41, 5.74) is 6.55. The van der Waals surface area contributed by atoms with Crippen molar-refractivity contribution in [2.24, 2.45) is 0 Å². The highest BCUT2D eigenvalue weighted by Crippen LogP contribution is 2.24. The van der Waals surface area contributed by atoms with Crippen molar-refractivity contribution in [1.82, 2.24) is 19.7 Å².